The molecule has 0 aromatic heterocycles. The SMILES string of the molecule is OC1C=C[C@@H](O)[C@@H]2[C@H](O)[C@H](O)CN12. The lowest BCUT2D eigenvalue weighted by Gasteiger charge is -2.34. The standard InChI is InChI=1S/C8H13NO4/c10-4-1-2-6(12)9-3-5(11)8(13)7(4)9/h1-2,4-8,10-13H,3H2/t4-,5-,6?,7-,8-/m1/s1. The van der Waals surface area contributed by atoms with Crippen molar-refractivity contribution in [2.75, 3.05) is 6.54 Å². The minimum absolute atomic E-state index is 0.189. The lowest BCUT2D eigenvalue weighted by molar-refractivity contribution is -0.0451. The van der Waals surface area contributed by atoms with Gasteiger partial charge < -0.3 is 20.4 Å². The van der Waals surface area contributed by atoms with Crippen molar-refractivity contribution >= 4 is 0 Å². The van der Waals surface area contributed by atoms with E-state index in [1.54, 1.807) is 0 Å². The highest BCUT2D eigenvalue weighted by atomic mass is 16.3. The van der Waals surface area contributed by atoms with E-state index in [1.165, 1.54) is 17.1 Å². The monoisotopic (exact) mass is 187 g/mol. The van der Waals surface area contributed by atoms with E-state index in [4.69, 9.17) is 0 Å². The van der Waals surface area contributed by atoms with Gasteiger partial charge >= 0.3 is 0 Å². The zero-order valence-electron chi connectivity index (χ0n) is 6.98. The van der Waals surface area contributed by atoms with E-state index in [-0.39, 0.29) is 6.54 Å². The molecule has 0 radical (unpaired) electrons. The van der Waals surface area contributed by atoms with Crippen molar-refractivity contribution in [3.8, 4) is 0 Å². The third kappa shape index (κ3) is 1.29. The predicted molar refractivity (Wildman–Crippen MR) is 43.7 cm³/mol. The average Bonchev–Trinajstić information content (AvgIpc) is 2.38. The van der Waals surface area contributed by atoms with Gasteiger partial charge in [-0.1, -0.05) is 6.08 Å². The minimum Gasteiger partial charge on any atom is -0.389 e. The molecule has 0 aromatic rings. The summed E-state index contributed by atoms with van der Waals surface area (Å²) in [6.07, 6.45) is -0.640. The van der Waals surface area contributed by atoms with Gasteiger partial charge in [0.15, 0.2) is 0 Å². The van der Waals surface area contributed by atoms with Crippen LogP contribution >= 0.6 is 0 Å². The van der Waals surface area contributed by atoms with Crippen molar-refractivity contribution in [2.24, 2.45) is 0 Å². The molecule has 1 unspecified atom stereocenters. The Morgan fingerprint density at radius 1 is 1.08 bits per heavy atom. The maximum absolute atomic E-state index is 9.48. The molecule has 0 spiro atoms. The zero-order chi connectivity index (χ0) is 9.59. The fourth-order valence-corrected chi connectivity index (χ4v) is 1.99. The van der Waals surface area contributed by atoms with Gasteiger partial charge in [0.2, 0.25) is 0 Å². The summed E-state index contributed by atoms with van der Waals surface area (Å²) in [6.45, 7) is 0.189. The van der Waals surface area contributed by atoms with Gasteiger partial charge in [0, 0.05) is 6.54 Å². The highest BCUT2D eigenvalue weighted by Crippen LogP contribution is 2.27. The first-order chi connectivity index (χ1) is 6.11. The molecule has 5 heteroatoms. The maximum Gasteiger partial charge on any atom is 0.127 e. The van der Waals surface area contributed by atoms with Gasteiger partial charge in [-0.25, -0.2) is 0 Å². The number of rotatable bonds is 0. The highest BCUT2D eigenvalue weighted by Gasteiger charge is 2.46. The summed E-state index contributed by atoms with van der Waals surface area (Å²) in [7, 11) is 0. The number of fused-ring (bicyclic) bond motifs is 1. The van der Waals surface area contributed by atoms with Gasteiger partial charge in [0.1, 0.15) is 6.23 Å². The van der Waals surface area contributed by atoms with E-state index in [0.29, 0.717) is 0 Å². The van der Waals surface area contributed by atoms with Gasteiger partial charge in [-0.15, -0.1) is 0 Å². The second-order valence-electron chi connectivity index (χ2n) is 3.53. The molecule has 0 aromatic carbocycles. The Hall–Kier alpha value is -0.460. The third-order valence-electron chi connectivity index (χ3n) is 2.70. The van der Waals surface area contributed by atoms with Crippen LogP contribution in [0.4, 0.5) is 0 Å². The van der Waals surface area contributed by atoms with E-state index in [9.17, 15) is 20.4 Å². The lowest BCUT2D eigenvalue weighted by atomic mass is 10.0. The Balaban J connectivity index is 2.24. The average molecular weight is 187 g/mol. The normalized spacial score (nSPS) is 50.9. The van der Waals surface area contributed by atoms with Crippen LogP contribution in [0.15, 0.2) is 12.2 Å². The Morgan fingerprint density at radius 3 is 2.38 bits per heavy atom. The van der Waals surface area contributed by atoms with Crippen LogP contribution in [-0.2, 0) is 0 Å². The second-order valence-corrected chi connectivity index (χ2v) is 3.53. The molecule has 74 valence electrons. The molecule has 2 rings (SSSR count). The molecule has 2 aliphatic rings. The summed E-state index contributed by atoms with van der Waals surface area (Å²) in [5.74, 6) is 0. The van der Waals surface area contributed by atoms with Crippen LogP contribution in [0.1, 0.15) is 0 Å². The van der Waals surface area contributed by atoms with Crippen LogP contribution < -0.4 is 0 Å². The highest BCUT2D eigenvalue weighted by molar-refractivity contribution is 5.12. The van der Waals surface area contributed by atoms with Crippen molar-refractivity contribution in [1.29, 1.82) is 0 Å². The summed E-state index contributed by atoms with van der Waals surface area (Å²) in [5, 5.41) is 37.7. The van der Waals surface area contributed by atoms with Crippen molar-refractivity contribution in [3.05, 3.63) is 12.2 Å². The lowest BCUT2D eigenvalue weighted by Crippen LogP contribution is -2.50. The number of nitrogens with zero attached hydrogens (tertiary/aromatic N) is 1. The Morgan fingerprint density at radius 2 is 1.77 bits per heavy atom. The van der Waals surface area contributed by atoms with Crippen LogP contribution in [-0.4, -0.2) is 62.5 Å². The summed E-state index contributed by atoms with van der Waals surface area (Å²) in [5.41, 5.74) is 0. The molecular weight excluding hydrogens is 174 g/mol. The molecule has 0 aliphatic carbocycles. The largest absolute Gasteiger partial charge is 0.389 e. The molecule has 0 saturated carbocycles. The molecular formula is C8H13NO4. The van der Waals surface area contributed by atoms with Crippen LogP contribution in [0.5, 0.6) is 0 Å². The molecule has 2 aliphatic heterocycles. The van der Waals surface area contributed by atoms with E-state index in [1.807, 2.05) is 0 Å². The number of hydrogen-bond acceptors (Lipinski definition) is 5. The maximum atomic E-state index is 9.48. The van der Waals surface area contributed by atoms with E-state index in [0.717, 1.165) is 0 Å². The first-order valence-corrected chi connectivity index (χ1v) is 4.27. The molecule has 0 bridgehead atoms. The number of aliphatic hydroxyl groups excluding tert-OH is 4. The molecule has 2 heterocycles. The van der Waals surface area contributed by atoms with Gasteiger partial charge in [0.25, 0.3) is 0 Å². The summed E-state index contributed by atoms with van der Waals surface area (Å²) >= 11 is 0. The van der Waals surface area contributed by atoms with Gasteiger partial charge in [0.05, 0.1) is 24.4 Å². The van der Waals surface area contributed by atoms with Crippen LogP contribution in [0.25, 0.3) is 0 Å². The van der Waals surface area contributed by atoms with Crippen molar-refractivity contribution in [1.82, 2.24) is 4.90 Å². The molecule has 1 saturated heterocycles. The quantitative estimate of drug-likeness (QED) is 0.319. The number of aliphatic hydroxyl groups is 4. The summed E-state index contributed by atoms with van der Waals surface area (Å²) < 4.78 is 0. The summed E-state index contributed by atoms with van der Waals surface area (Å²) in [6, 6.07) is -0.588. The van der Waals surface area contributed by atoms with Crippen molar-refractivity contribution in [3.63, 3.8) is 0 Å². The fraction of sp³-hybridized carbons (Fsp3) is 0.750. The Bertz CT molecular complexity index is 232. The van der Waals surface area contributed by atoms with Crippen molar-refractivity contribution < 1.29 is 20.4 Å². The third-order valence-corrected chi connectivity index (χ3v) is 2.70. The fourth-order valence-electron chi connectivity index (χ4n) is 1.99. The van der Waals surface area contributed by atoms with Gasteiger partial charge in [-0.05, 0) is 6.08 Å². The second kappa shape index (κ2) is 3.04. The predicted octanol–water partition coefficient (Wildman–Crippen LogP) is -2.36. The molecule has 5 atom stereocenters. The smallest absolute Gasteiger partial charge is 0.127 e. The molecule has 13 heavy (non-hydrogen) atoms. The zero-order valence-corrected chi connectivity index (χ0v) is 6.98. The molecule has 5 nitrogen and oxygen atoms in total. The van der Waals surface area contributed by atoms with Gasteiger partial charge in [-0.2, -0.15) is 0 Å². The van der Waals surface area contributed by atoms with Crippen LogP contribution in [0.2, 0.25) is 0 Å². The van der Waals surface area contributed by atoms with Gasteiger partial charge in [-0.3, -0.25) is 4.90 Å². The number of hydrogen-bond donors (Lipinski definition) is 4. The molecule has 4 N–H and O–H groups in total. The van der Waals surface area contributed by atoms with Crippen LogP contribution in [0, 0.1) is 0 Å². The van der Waals surface area contributed by atoms with Crippen molar-refractivity contribution in [2.45, 2.75) is 30.6 Å². The molecule has 1 fully saturated rings. The topological polar surface area (TPSA) is 84.2 Å². The van der Waals surface area contributed by atoms with E-state index < -0.39 is 30.6 Å². The Kier molecular flexibility index (Phi) is 2.13. The minimum atomic E-state index is -0.991. The van der Waals surface area contributed by atoms with Crippen LogP contribution in [0.3, 0.4) is 0 Å². The Labute approximate surface area is 75.5 Å². The van der Waals surface area contributed by atoms with E-state index in [2.05, 4.69) is 0 Å². The first-order valence-electron chi connectivity index (χ1n) is 4.27. The summed E-state index contributed by atoms with van der Waals surface area (Å²) in [4.78, 5) is 1.49. The first kappa shape index (κ1) is 9.11. The van der Waals surface area contributed by atoms with E-state index >= 15 is 0 Å². The molecule has 0 amide bonds.